The normalized spacial score (nSPS) is 30.6. The number of benzene rings is 1. The third-order valence-electron chi connectivity index (χ3n) is 9.36. The summed E-state index contributed by atoms with van der Waals surface area (Å²) in [5, 5.41) is 2.36. The highest BCUT2D eigenvalue weighted by Gasteiger charge is 2.44. The summed E-state index contributed by atoms with van der Waals surface area (Å²) in [4.78, 5) is 55.3. The largest absolute Gasteiger partial charge is 0.489 e. The van der Waals surface area contributed by atoms with E-state index in [2.05, 4.69) is 15.1 Å². The second-order valence-corrected chi connectivity index (χ2v) is 11.7. The molecule has 0 aromatic heterocycles. The molecule has 3 saturated heterocycles. The summed E-state index contributed by atoms with van der Waals surface area (Å²) in [6, 6.07) is 5.78. The van der Waals surface area contributed by atoms with Gasteiger partial charge in [-0.1, -0.05) is 6.42 Å². The van der Waals surface area contributed by atoms with Gasteiger partial charge in [0, 0.05) is 63.1 Å². The van der Waals surface area contributed by atoms with Gasteiger partial charge in [0.1, 0.15) is 17.9 Å². The second-order valence-electron chi connectivity index (χ2n) is 11.7. The number of nitrogens with one attached hydrogen (secondary N) is 1. The predicted octanol–water partition coefficient (Wildman–Crippen LogP) is 2.47. The molecule has 0 bridgehead atoms. The minimum absolute atomic E-state index is 0.0985. The molecule has 0 spiro atoms. The summed E-state index contributed by atoms with van der Waals surface area (Å²) in [7, 11) is 0. The van der Waals surface area contributed by atoms with Crippen LogP contribution in [-0.2, 0) is 20.9 Å². The molecule has 9 heteroatoms. The maximum atomic E-state index is 13.0. The molecule has 9 nitrogen and oxygen atoms in total. The number of rotatable bonds is 5. The molecule has 1 N–H and O–H groups in total. The number of nitrogens with zero attached hydrogens (tertiary/aromatic N) is 3. The van der Waals surface area contributed by atoms with E-state index in [-0.39, 0.29) is 30.2 Å². The van der Waals surface area contributed by atoms with Gasteiger partial charge in [-0.25, -0.2) is 0 Å². The van der Waals surface area contributed by atoms with Crippen LogP contribution in [0.25, 0.3) is 0 Å². The van der Waals surface area contributed by atoms with Gasteiger partial charge in [-0.2, -0.15) is 0 Å². The molecule has 1 aromatic rings. The van der Waals surface area contributed by atoms with Crippen molar-refractivity contribution in [2.24, 2.45) is 5.92 Å². The van der Waals surface area contributed by atoms with E-state index in [1.54, 1.807) is 11.8 Å². The molecule has 4 heterocycles. The lowest BCUT2D eigenvalue weighted by Crippen LogP contribution is -2.63. The molecule has 5 aliphatic rings. The molecular formula is C29H38N4O5. The Labute approximate surface area is 223 Å². The van der Waals surface area contributed by atoms with Crippen molar-refractivity contribution in [1.29, 1.82) is 0 Å². The number of ether oxygens (including phenoxy) is 1. The Morgan fingerprint density at radius 3 is 2.53 bits per heavy atom. The van der Waals surface area contributed by atoms with Crippen molar-refractivity contribution < 1.29 is 23.9 Å². The zero-order chi connectivity index (χ0) is 26.4. The van der Waals surface area contributed by atoms with Gasteiger partial charge in [0.15, 0.2) is 0 Å². The summed E-state index contributed by atoms with van der Waals surface area (Å²) in [6.45, 7) is 5.01. The van der Waals surface area contributed by atoms with Gasteiger partial charge in [-0.05, 0) is 68.7 Å². The van der Waals surface area contributed by atoms with Crippen LogP contribution in [0.15, 0.2) is 18.2 Å². The van der Waals surface area contributed by atoms with E-state index in [0.717, 1.165) is 63.1 Å². The van der Waals surface area contributed by atoms with Crippen LogP contribution in [0.2, 0.25) is 0 Å². The second kappa shape index (κ2) is 10.3. The van der Waals surface area contributed by atoms with Gasteiger partial charge in [-0.3, -0.25) is 29.4 Å². The number of carbonyl (C=O) groups is 4. The Hall–Kier alpha value is -2.94. The summed E-state index contributed by atoms with van der Waals surface area (Å²) >= 11 is 0. The Morgan fingerprint density at radius 1 is 0.974 bits per heavy atom. The highest BCUT2D eigenvalue weighted by Crippen LogP contribution is 2.37. The van der Waals surface area contributed by atoms with Crippen molar-refractivity contribution in [2.75, 3.05) is 19.6 Å². The molecule has 4 amide bonds. The van der Waals surface area contributed by atoms with Crippen LogP contribution in [0.4, 0.5) is 0 Å². The van der Waals surface area contributed by atoms with Crippen molar-refractivity contribution in [3.63, 3.8) is 0 Å². The number of imide groups is 1. The molecule has 1 aliphatic carbocycles. The van der Waals surface area contributed by atoms with Crippen molar-refractivity contribution in [2.45, 2.75) is 95.5 Å². The van der Waals surface area contributed by atoms with Crippen LogP contribution < -0.4 is 10.1 Å². The van der Waals surface area contributed by atoms with Crippen LogP contribution in [0.5, 0.6) is 5.75 Å². The fourth-order valence-corrected chi connectivity index (χ4v) is 7.33. The number of fused-ring (bicyclic) bond motifs is 1. The van der Waals surface area contributed by atoms with Crippen LogP contribution in [0, 0.1) is 5.92 Å². The molecule has 4 atom stereocenters. The number of carbonyl (C=O) groups excluding carboxylic acids is 4. The fourth-order valence-electron chi connectivity index (χ4n) is 7.33. The smallest absolute Gasteiger partial charge is 0.255 e. The molecule has 1 saturated carbocycles. The first-order chi connectivity index (χ1) is 18.4. The lowest BCUT2D eigenvalue weighted by Gasteiger charge is -2.53. The third kappa shape index (κ3) is 4.70. The summed E-state index contributed by atoms with van der Waals surface area (Å²) < 4.78 is 6.58. The summed E-state index contributed by atoms with van der Waals surface area (Å²) in [5.74, 6) is 0.688. The van der Waals surface area contributed by atoms with Crippen molar-refractivity contribution in [3.8, 4) is 5.75 Å². The average Bonchev–Trinajstić information content (AvgIpc) is 3.19. The van der Waals surface area contributed by atoms with E-state index in [4.69, 9.17) is 4.74 Å². The maximum Gasteiger partial charge on any atom is 0.255 e. The molecule has 0 radical (unpaired) electrons. The standard InChI is InChI=1S/C29H38N4O5/c1-18(34)32-13-5-4-6-23(32)20-15-31(16-20)24-7-2-3-8-26(24)38-21-9-10-22-19(14-21)17-33(29(22)37)25-11-12-27(35)30-28(25)36/h9-10,14,20,23-26H,2-8,11-13,15-17H2,1H3,(H,30,35,36)/t23?,24-,25?,26-/m1/s1. The Bertz CT molecular complexity index is 1130. The average molecular weight is 523 g/mol. The Kier molecular flexibility index (Phi) is 6.88. The number of piperidine rings is 2. The lowest BCUT2D eigenvalue weighted by molar-refractivity contribution is -0.138. The minimum Gasteiger partial charge on any atom is -0.489 e. The van der Waals surface area contributed by atoms with Gasteiger partial charge in [0.2, 0.25) is 17.7 Å². The van der Waals surface area contributed by atoms with Crippen LogP contribution in [0.1, 0.15) is 80.6 Å². The van der Waals surface area contributed by atoms with Gasteiger partial charge < -0.3 is 14.5 Å². The van der Waals surface area contributed by atoms with Crippen LogP contribution in [0.3, 0.4) is 0 Å². The predicted molar refractivity (Wildman–Crippen MR) is 139 cm³/mol. The highest BCUT2D eigenvalue weighted by atomic mass is 16.5. The zero-order valence-electron chi connectivity index (χ0n) is 22.2. The van der Waals surface area contributed by atoms with E-state index in [9.17, 15) is 19.2 Å². The molecular weight excluding hydrogens is 484 g/mol. The topological polar surface area (TPSA) is 99.3 Å². The minimum atomic E-state index is -0.609. The number of hydrogen-bond acceptors (Lipinski definition) is 6. The third-order valence-corrected chi connectivity index (χ3v) is 9.36. The fraction of sp³-hybridized carbons (Fsp3) is 0.655. The first-order valence-electron chi connectivity index (χ1n) is 14.3. The van der Waals surface area contributed by atoms with E-state index >= 15 is 0 Å². The monoisotopic (exact) mass is 522 g/mol. The number of likely N-dealkylation sites (tertiary alicyclic amines) is 2. The highest BCUT2D eigenvalue weighted by molar-refractivity contribution is 6.05. The zero-order valence-corrected chi connectivity index (χ0v) is 22.2. The van der Waals surface area contributed by atoms with E-state index in [1.807, 2.05) is 18.2 Å². The molecule has 6 rings (SSSR count). The van der Waals surface area contributed by atoms with Gasteiger partial charge in [0.05, 0.1) is 0 Å². The molecule has 4 aliphatic heterocycles. The van der Waals surface area contributed by atoms with Crippen molar-refractivity contribution >= 4 is 23.6 Å². The number of hydrogen-bond donors (Lipinski definition) is 1. The van der Waals surface area contributed by atoms with Crippen molar-refractivity contribution in [1.82, 2.24) is 20.0 Å². The van der Waals surface area contributed by atoms with E-state index < -0.39 is 11.9 Å². The van der Waals surface area contributed by atoms with Gasteiger partial charge in [0.25, 0.3) is 5.91 Å². The summed E-state index contributed by atoms with van der Waals surface area (Å²) in [5.41, 5.74) is 1.48. The Balaban J connectivity index is 1.10. The molecule has 4 fully saturated rings. The van der Waals surface area contributed by atoms with Gasteiger partial charge in [-0.15, -0.1) is 0 Å². The quantitative estimate of drug-likeness (QED) is 0.597. The van der Waals surface area contributed by atoms with Crippen molar-refractivity contribution in [3.05, 3.63) is 29.3 Å². The van der Waals surface area contributed by atoms with Crippen LogP contribution in [-0.4, -0.2) is 82.2 Å². The number of amides is 4. The molecule has 204 valence electrons. The van der Waals surface area contributed by atoms with E-state index in [1.165, 1.54) is 12.8 Å². The molecule has 1 aromatic carbocycles. The van der Waals surface area contributed by atoms with Crippen LogP contribution >= 0.6 is 0 Å². The lowest BCUT2D eigenvalue weighted by atomic mass is 9.81. The Morgan fingerprint density at radius 2 is 1.74 bits per heavy atom. The van der Waals surface area contributed by atoms with E-state index in [0.29, 0.717) is 36.5 Å². The SMILES string of the molecule is CC(=O)N1CCCCC1C1CN([C@@H]2CCCC[C@H]2Oc2ccc3c(c2)CN(C2CCC(=O)NC2=O)C3=O)C1. The van der Waals surface area contributed by atoms with Gasteiger partial charge >= 0.3 is 0 Å². The molecule has 2 unspecified atom stereocenters. The first kappa shape index (κ1) is 25.3. The molecule has 38 heavy (non-hydrogen) atoms. The first-order valence-corrected chi connectivity index (χ1v) is 14.3. The maximum absolute atomic E-state index is 13.0. The summed E-state index contributed by atoms with van der Waals surface area (Å²) in [6.07, 6.45) is 8.62.